The van der Waals surface area contributed by atoms with E-state index in [0.29, 0.717) is 18.0 Å². The molecular formula is C21H23NO3S. The van der Waals surface area contributed by atoms with Crippen LogP contribution in [0, 0.1) is 0 Å². The van der Waals surface area contributed by atoms with Crippen molar-refractivity contribution in [2.24, 2.45) is 0 Å². The van der Waals surface area contributed by atoms with Crippen LogP contribution < -0.4 is 0 Å². The molecule has 4 rings (SSSR count). The third-order valence-corrected chi connectivity index (χ3v) is 6.48. The number of fused-ring (bicyclic) bond motifs is 2. The predicted molar refractivity (Wildman–Crippen MR) is 101 cm³/mol. The standard InChI is InChI=1S/C21H23NO3S/c23-20(22-11-10-15-6-4-5-8-17(15)13-22)14-25-21(24)19-12-16-7-2-1-3-9-18(16)26-19/h4-6,8,12H,1-3,7,9-11,13-14H2. The van der Waals surface area contributed by atoms with E-state index >= 15 is 0 Å². The number of benzene rings is 1. The molecule has 0 fully saturated rings. The number of nitrogens with zero attached hydrogens (tertiary/aromatic N) is 1. The minimum Gasteiger partial charge on any atom is -0.451 e. The summed E-state index contributed by atoms with van der Waals surface area (Å²) in [6, 6.07) is 10.2. The molecule has 0 atom stereocenters. The predicted octanol–water partition coefficient (Wildman–Crippen LogP) is 3.76. The number of rotatable bonds is 3. The number of esters is 1. The van der Waals surface area contributed by atoms with Gasteiger partial charge in [0, 0.05) is 18.0 Å². The highest BCUT2D eigenvalue weighted by atomic mass is 32.1. The second-order valence-corrected chi connectivity index (χ2v) is 8.17. The zero-order valence-electron chi connectivity index (χ0n) is 14.8. The van der Waals surface area contributed by atoms with Gasteiger partial charge in [-0.3, -0.25) is 4.79 Å². The van der Waals surface area contributed by atoms with Crippen LogP contribution in [0.3, 0.4) is 0 Å². The fraction of sp³-hybridized carbons (Fsp3) is 0.429. The lowest BCUT2D eigenvalue weighted by molar-refractivity contribution is -0.135. The summed E-state index contributed by atoms with van der Waals surface area (Å²) in [5.74, 6) is -0.486. The first kappa shape index (κ1) is 17.3. The van der Waals surface area contributed by atoms with E-state index in [1.807, 2.05) is 18.2 Å². The fourth-order valence-electron chi connectivity index (χ4n) is 3.77. The van der Waals surface area contributed by atoms with Gasteiger partial charge in [-0.05, 0) is 54.9 Å². The Bertz CT molecular complexity index is 803. The molecule has 0 bridgehead atoms. The van der Waals surface area contributed by atoms with Crippen molar-refractivity contribution in [1.29, 1.82) is 0 Å². The Hall–Kier alpha value is -2.14. The molecule has 26 heavy (non-hydrogen) atoms. The molecule has 1 aromatic carbocycles. The van der Waals surface area contributed by atoms with Crippen LogP contribution in [-0.2, 0) is 35.3 Å². The molecule has 0 saturated heterocycles. The number of amides is 1. The number of aryl methyl sites for hydroxylation is 2. The lowest BCUT2D eigenvalue weighted by atomic mass is 10.00. The van der Waals surface area contributed by atoms with E-state index in [2.05, 4.69) is 12.1 Å². The third-order valence-electron chi connectivity index (χ3n) is 5.26. The second kappa shape index (κ2) is 7.62. The Morgan fingerprint density at radius 3 is 2.69 bits per heavy atom. The number of thiophene rings is 1. The number of ether oxygens (including phenoxy) is 1. The van der Waals surface area contributed by atoms with Crippen LogP contribution in [0.2, 0.25) is 0 Å². The highest BCUT2D eigenvalue weighted by Gasteiger charge is 2.23. The van der Waals surface area contributed by atoms with Crippen LogP contribution in [-0.4, -0.2) is 29.9 Å². The largest absolute Gasteiger partial charge is 0.451 e. The lowest BCUT2D eigenvalue weighted by Gasteiger charge is -2.28. The molecule has 2 heterocycles. The number of carbonyl (C=O) groups excluding carboxylic acids is 2. The van der Waals surface area contributed by atoms with Gasteiger partial charge in [0.1, 0.15) is 4.88 Å². The van der Waals surface area contributed by atoms with Crippen molar-refractivity contribution >= 4 is 23.2 Å². The van der Waals surface area contributed by atoms with Gasteiger partial charge < -0.3 is 9.64 Å². The molecular weight excluding hydrogens is 346 g/mol. The zero-order chi connectivity index (χ0) is 17.9. The molecule has 1 aliphatic carbocycles. The van der Waals surface area contributed by atoms with E-state index < -0.39 is 0 Å². The van der Waals surface area contributed by atoms with E-state index in [4.69, 9.17) is 4.74 Å². The van der Waals surface area contributed by atoms with E-state index in [1.165, 1.54) is 52.2 Å². The van der Waals surface area contributed by atoms with Crippen molar-refractivity contribution in [3.8, 4) is 0 Å². The number of carbonyl (C=O) groups is 2. The van der Waals surface area contributed by atoms with Crippen molar-refractivity contribution in [2.75, 3.05) is 13.2 Å². The first-order chi connectivity index (χ1) is 12.7. The van der Waals surface area contributed by atoms with Gasteiger partial charge in [-0.15, -0.1) is 11.3 Å². The van der Waals surface area contributed by atoms with Gasteiger partial charge in [0.25, 0.3) is 5.91 Å². The summed E-state index contributed by atoms with van der Waals surface area (Å²) in [5, 5.41) is 0. The van der Waals surface area contributed by atoms with E-state index in [9.17, 15) is 9.59 Å². The van der Waals surface area contributed by atoms with Crippen LogP contribution in [0.25, 0.3) is 0 Å². The lowest BCUT2D eigenvalue weighted by Crippen LogP contribution is -2.38. The van der Waals surface area contributed by atoms with Crippen molar-refractivity contribution in [1.82, 2.24) is 4.90 Å². The van der Waals surface area contributed by atoms with Crippen molar-refractivity contribution in [3.05, 3.63) is 56.8 Å². The van der Waals surface area contributed by atoms with Crippen LogP contribution in [0.5, 0.6) is 0 Å². The maximum Gasteiger partial charge on any atom is 0.348 e. The van der Waals surface area contributed by atoms with Crippen LogP contribution in [0.4, 0.5) is 0 Å². The summed E-state index contributed by atoms with van der Waals surface area (Å²) in [4.78, 5) is 28.5. The van der Waals surface area contributed by atoms with Gasteiger partial charge in [0.2, 0.25) is 0 Å². The van der Waals surface area contributed by atoms with Crippen LogP contribution in [0.1, 0.15) is 50.5 Å². The quantitative estimate of drug-likeness (QED) is 0.611. The molecule has 1 aromatic heterocycles. The molecule has 1 aliphatic heterocycles. The molecule has 5 heteroatoms. The summed E-state index contributed by atoms with van der Waals surface area (Å²) < 4.78 is 5.32. The Kier molecular flexibility index (Phi) is 5.07. The Labute approximate surface area is 157 Å². The van der Waals surface area contributed by atoms with Gasteiger partial charge in [-0.2, -0.15) is 0 Å². The minimum atomic E-state index is -0.367. The number of hydrogen-bond donors (Lipinski definition) is 0. The average Bonchev–Trinajstić information content (AvgIpc) is 2.96. The highest BCUT2D eigenvalue weighted by Crippen LogP contribution is 2.29. The summed E-state index contributed by atoms with van der Waals surface area (Å²) in [6.07, 6.45) is 6.59. The van der Waals surface area contributed by atoms with E-state index in [1.54, 1.807) is 4.90 Å². The van der Waals surface area contributed by atoms with Crippen LogP contribution in [0.15, 0.2) is 30.3 Å². The maximum absolute atomic E-state index is 12.4. The maximum atomic E-state index is 12.4. The Morgan fingerprint density at radius 1 is 1.00 bits per heavy atom. The number of hydrogen-bond acceptors (Lipinski definition) is 4. The molecule has 2 aromatic rings. The topological polar surface area (TPSA) is 46.6 Å². The monoisotopic (exact) mass is 369 g/mol. The molecule has 4 nitrogen and oxygen atoms in total. The van der Waals surface area contributed by atoms with Crippen LogP contribution >= 0.6 is 11.3 Å². The van der Waals surface area contributed by atoms with Gasteiger partial charge >= 0.3 is 5.97 Å². The molecule has 0 N–H and O–H groups in total. The summed E-state index contributed by atoms with van der Waals surface area (Å²) >= 11 is 1.54. The smallest absolute Gasteiger partial charge is 0.348 e. The van der Waals surface area contributed by atoms with E-state index in [-0.39, 0.29) is 18.5 Å². The van der Waals surface area contributed by atoms with E-state index in [0.717, 1.165) is 19.3 Å². The molecule has 0 unspecified atom stereocenters. The normalized spacial score (nSPS) is 16.4. The van der Waals surface area contributed by atoms with Crippen molar-refractivity contribution < 1.29 is 14.3 Å². The molecule has 0 saturated carbocycles. The average molecular weight is 369 g/mol. The summed E-state index contributed by atoms with van der Waals surface area (Å²) in [5.41, 5.74) is 3.77. The second-order valence-electron chi connectivity index (χ2n) is 7.03. The summed E-state index contributed by atoms with van der Waals surface area (Å²) in [7, 11) is 0. The molecule has 0 spiro atoms. The van der Waals surface area contributed by atoms with Gasteiger partial charge in [-0.25, -0.2) is 4.79 Å². The minimum absolute atomic E-state index is 0.119. The zero-order valence-corrected chi connectivity index (χ0v) is 15.6. The van der Waals surface area contributed by atoms with Gasteiger partial charge in [-0.1, -0.05) is 30.7 Å². The van der Waals surface area contributed by atoms with Crippen molar-refractivity contribution in [2.45, 2.75) is 45.1 Å². The Morgan fingerprint density at radius 2 is 1.81 bits per heavy atom. The first-order valence-electron chi connectivity index (χ1n) is 9.34. The first-order valence-corrected chi connectivity index (χ1v) is 10.2. The highest BCUT2D eigenvalue weighted by molar-refractivity contribution is 7.14. The third kappa shape index (κ3) is 3.68. The van der Waals surface area contributed by atoms with Gasteiger partial charge in [0.05, 0.1) is 0 Å². The fourth-order valence-corrected chi connectivity index (χ4v) is 4.91. The van der Waals surface area contributed by atoms with Gasteiger partial charge in [0.15, 0.2) is 6.61 Å². The van der Waals surface area contributed by atoms with Crippen molar-refractivity contribution in [3.63, 3.8) is 0 Å². The molecule has 0 radical (unpaired) electrons. The molecule has 136 valence electrons. The summed E-state index contributed by atoms with van der Waals surface area (Å²) in [6.45, 7) is 1.10. The molecule has 1 amide bonds. The SMILES string of the molecule is O=C(OCC(=O)N1CCc2ccccc2C1)c1cc2c(s1)CCCCC2. The Balaban J connectivity index is 1.34. The molecule has 2 aliphatic rings.